The summed E-state index contributed by atoms with van der Waals surface area (Å²) < 4.78 is 43.1. The molecule has 2 atom stereocenters. The summed E-state index contributed by atoms with van der Waals surface area (Å²) in [5.41, 5.74) is -1.91. The number of aromatic hydroxyl groups is 1. The molecule has 8 heteroatoms. The van der Waals surface area contributed by atoms with Gasteiger partial charge < -0.3 is 20.1 Å². The van der Waals surface area contributed by atoms with E-state index in [0.29, 0.717) is 6.07 Å². The summed E-state index contributed by atoms with van der Waals surface area (Å²) in [6.07, 6.45) is -9.16. The van der Waals surface area contributed by atoms with Gasteiger partial charge >= 0.3 is 12.1 Å². The van der Waals surface area contributed by atoms with Gasteiger partial charge in [0.05, 0.1) is 24.7 Å². The second-order valence-corrected chi connectivity index (χ2v) is 4.29. The van der Waals surface area contributed by atoms with Crippen LogP contribution < -0.4 is 0 Å². The number of phenols is 1. The lowest BCUT2D eigenvalue weighted by molar-refractivity contribution is -0.147. The van der Waals surface area contributed by atoms with Crippen molar-refractivity contribution in [2.45, 2.75) is 31.7 Å². The SMILES string of the molecule is CCOC(=O)CC(O)C(O)c1ccc(O)cc1C(F)(F)F. The smallest absolute Gasteiger partial charge is 0.416 e. The minimum absolute atomic E-state index is 0.0503. The number of alkyl halides is 3. The van der Waals surface area contributed by atoms with Crippen LogP contribution in [-0.4, -0.2) is 34.0 Å². The predicted octanol–water partition coefficient (Wildman–Crippen LogP) is 1.76. The number of halogens is 3. The number of hydrogen-bond acceptors (Lipinski definition) is 5. The summed E-state index contributed by atoms with van der Waals surface area (Å²) in [6, 6.07) is 2.23. The highest BCUT2D eigenvalue weighted by Crippen LogP contribution is 2.37. The van der Waals surface area contributed by atoms with Crippen molar-refractivity contribution >= 4 is 5.97 Å². The van der Waals surface area contributed by atoms with E-state index in [9.17, 15) is 28.2 Å². The van der Waals surface area contributed by atoms with Crippen LogP contribution in [0.1, 0.15) is 30.6 Å². The molecule has 0 radical (unpaired) electrons. The summed E-state index contributed by atoms with van der Waals surface area (Å²) in [4.78, 5) is 11.2. The van der Waals surface area contributed by atoms with Gasteiger partial charge in [0.2, 0.25) is 0 Å². The molecule has 0 spiro atoms. The number of aliphatic hydroxyl groups excluding tert-OH is 2. The molecule has 1 aromatic carbocycles. The Bertz CT molecular complexity index is 501. The fraction of sp³-hybridized carbons (Fsp3) is 0.462. The van der Waals surface area contributed by atoms with Crippen molar-refractivity contribution in [2.24, 2.45) is 0 Å². The van der Waals surface area contributed by atoms with Crippen LogP contribution >= 0.6 is 0 Å². The Morgan fingerprint density at radius 1 is 1.33 bits per heavy atom. The number of rotatable bonds is 5. The van der Waals surface area contributed by atoms with Gasteiger partial charge in [0.25, 0.3) is 0 Å². The van der Waals surface area contributed by atoms with Gasteiger partial charge in [-0.3, -0.25) is 4.79 Å². The summed E-state index contributed by atoms with van der Waals surface area (Å²) in [7, 11) is 0. The first-order valence-corrected chi connectivity index (χ1v) is 6.08. The molecule has 0 aromatic heterocycles. The highest BCUT2D eigenvalue weighted by Gasteiger charge is 2.37. The minimum atomic E-state index is -4.82. The van der Waals surface area contributed by atoms with Crippen LogP contribution in [0, 0.1) is 0 Å². The molecule has 2 unspecified atom stereocenters. The Morgan fingerprint density at radius 2 is 1.95 bits per heavy atom. The minimum Gasteiger partial charge on any atom is -0.508 e. The highest BCUT2D eigenvalue weighted by molar-refractivity contribution is 5.70. The zero-order valence-corrected chi connectivity index (χ0v) is 11.1. The van der Waals surface area contributed by atoms with Crippen molar-refractivity contribution in [1.82, 2.24) is 0 Å². The average molecular weight is 308 g/mol. The topological polar surface area (TPSA) is 87.0 Å². The Morgan fingerprint density at radius 3 is 2.48 bits per heavy atom. The van der Waals surface area contributed by atoms with Gasteiger partial charge in [0.1, 0.15) is 11.9 Å². The third-order valence-corrected chi connectivity index (χ3v) is 2.71. The maximum absolute atomic E-state index is 12.8. The van der Waals surface area contributed by atoms with E-state index in [1.54, 1.807) is 0 Å². The van der Waals surface area contributed by atoms with Crippen LogP contribution in [0.5, 0.6) is 5.75 Å². The summed E-state index contributed by atoms with van der Waals surface area (Å²) in [5.74, 6) is -1.46. The molecule has 3 N–H and O–H groups in total. The number of ether oxygens (including phenoxy) is 1. The molecular weight excluding hydrogens is 293 g/mol. The van der Waals surface area contributed by atoms with Crippen molar-refractivity contribution in [3.63, 3.8) is 0 Å². The van der Waals surface area contributed by atoms with Crippen molar-refractivity contribution in [1.29, 1.82) is 0 Å². The van der Waals surface area contributed by atoms with Crippen molar-refractivity contribution < 1.29 is 38.0 Å². The van der Waals surface area contributed by atoms with Gasteiger partial charge in [0, 0.05) is 0 Å². The molecule has 0 saturated carbocycles. The molecule has 21 heavy (non-hydrogen) atoms. The molecular formula is C13H15F3O5. The highest BCUT2D eigenvalue weighted by atomic mass is 19.4. The van der Waals surface area contributed by atoms with Gasteiger partial charge in [-0.05, 0) is 24.6 Å². The Balaban J connectivity index is 3.01. The fourth-order valence-corrected chi connectivity index (χ4v) is 1.76. The van der Waals surface area contributed by atoms with Crippen LogP contribution in [0.4, 0.5) is 13.2 Å². The normalized spacial score (nSPS) is 14.6. The molecule has 0 saturated heterocycles. The Labute approximate surface area is 118 Å². The van der Waals surface area contributed by atoms with Gasteiger partial charge in [0.15, 0.2) is 0 Å². The molecule has 1 aromatic rings. The van der Waals surface area contributed by atoms with E-state index in [2.05, 4.69) is 4.74 Å². The van der Waals surface area contributed by atoms with Crippen LogP contribution in [0.2, 0.25) is 0 Å². The molecule has 0 aliphatic rings. The first kappa shape index (κ1) is 17.3. The third-order valence-electron chi connectivity index (χ3n) is 2.71. The molecule has 0 aliphatic carbocycles. The monoisotopic (exact) mass is 308 g/mol. The van der Waals surface area contributed by atoms with E-state index < -0.39 is 47.7 Å². The fourth-order valence-electron chi connectivity index (χ4n) is 1.76. The van der Waals surface area contributed by atoms with Crippen LogP contribution in [0.3, 0.4) is 0 Å². The number of benzene rings is 1. The van der Waals surface area contributed by atoms with Crippen molar-refractivity contribution in [2.75, 3.05) is 6.61 Å². The van der Waals surface area contributed by atoms with Gasteiger partial charge in [-0.25, -0.2) is 0 Å². The summed E-state index contributed by atoms with van der Waals surface area (Å²) in [5, 5.41) is 28.6. The lowest BCUT2D eigenvalue weighted by Gasteiger charge is -2.21. The van der Waals surface area contributed by atoms with Gasteiger partial charge in [-0.1, -0.05) is 6.07 Å². The number of phenolic OH excluding ortho intramolecular Hbond substituents is 1. The van der Waals surface area contributed by atoms with E-state index >= 15 is 0 Å². The third kappa shape index (κ3) is 4.61. The summed E-state index contributed by atoms with van der Waals surface area (Å²) >= 11 is 0. The zero-order chi connectivity index (χ0) is 16.2. The van der Waals surface area contributed by atoms with E-state index in [-0.39, 0.29) is 6.61 Å². The van der Waals surface area contributed by atoms with Crippen LogP contribution in [-0.2, 0) is 15.7 Å². The number of carbonyl (C=O) groups excluding carboxylic acids is 1. The van der Waals surface area contributed by atoms with Crippen LogP contribution in [0.25, 0.3) is 0 Å². The zero-order valence-electron chi connectivity index (χ0n) is 11.1. The lowest BCUT2D eigenvalue weighted by Crippen LogP contribution is -2.25. The molecule has 5 nitrogen and oxygen atoms in total. The number of aliphatic hydroxyl groups is 2. The number of esters is 1. The Kier molecular flexibility index (Phi) is 5.56. The maximum atomic E-state index is 12.8. The molecule has 0 aliphatic heterocycles. The standard InChI is InChI=1S/C13H15F3O5/c1-2-21-11(19)6-10(18)12(20)8-4-3-7(17)5-9(8)13(14,15)16/h3-5,10,12,17-18,20H,2,6H2,1H3. The van der Waals surface area contributed by atoms with Crippen LogP contribution in [0.15, 0.2) is 18.2 Å². The van der Waals surface area contributed by atoms with E-state index in [4.69, 9.17) is 5.11 Å². The molecule has 0 heterocycles. The quantitative estimate of drug-likeness (QED) is 0.722. The van der Waals surface area contributed by atoms with E-state index in [1.807, 2.05) is 0 Å². The maximum Gasteiger partial charge on any atom is 0.416 e. The van der Waals surface area contributed by atoms with Gasteiger partial charge in [-0.15, -0.1) is 0 Å². The molecule has 1 rings (SSSR count). The first-order chi connectivity index (χ1) is 9.66. The first-order valence-electron chi connectivity index (χ1n) is 6.08. The summed E-state index contributed by atoms with van der Waals surface area (Å²) in [6.45, 7) is 1.58. The van der Waals surface area contributed by atoms with Crippen molar-refractivity contribution in [3.8, 4) is 5.75 Å². The molecule has 118 valence electrons. The van der Waals surface area contributed by atoms with E-state index in [0.717, 1.165) is 12.1 Å². The second-order valence-electron chi connectivity index (χ2n) is 4.29. The Hall–Kier alpha value is -1.80. The lowest BCUT2D eigenvalue weighted by atomic mass is 9.96. The average Bonchev–Trinajstić information content (AvgIpc) is 2.37. The van der Waals surface area contributed by atoms with Crippen molar-refractivity contribution in [3.05, 3.63) is 29.3 Å². The largest absolute Gasteiger partial charge is 0.508 e. The molecule has 0 bridgehead atoms. The number of hydrogen-bond donors (Lipinski definition) is 3. The van der Waals surface area contributed by atoms with E-state index in [1.165, 1.54) is 6.92 Å². The second kappa shape index (κ2) is 6.77. The predicted molar refractivity (Wildman–Crippen MR) is 65.3 cm³/mol. The molecule has 0 fully saturated rings. The number of carbonyl (C=O) groups is 1. The van der Waals surface area contributed by atoms with Gasteiger partial charge in [-0.2, -0.15) is 13.2 Å². The molecule has 0 amide bonds.